The van der Waals surface area contributed by atoms with Crippen LogP contribution >= 0.6 is 0 Å². The largest absolute Gasteiger partial charge is 0.507 e. The molecule has 5 heteroatoms. The van der Waals surface area contributed by atoms with E-state index in [0.717, 1.165) is 29.5 Å². The molecule has 1 atom stereocenters. The number of aromatic hydroxyl groups is 1. The van der Waals surface area contributed by atoms with Gasteiger partial charge in [0.05, 0.1) is 11.6 Å². The number of ether oxygens (including phenoxy) is 1. The Balaban J connectivity index is 1.82. The van der Waals surface area contributed by atoms with Gasteiger partial charge in [-0.15, -0.1) is 0 Å². The fourth-order valence-corrected chi connectivity index (χ4v) is 2.21. The number of carbonyl (C=O) groups excluding carboxylic acids is 1. The summed E-state index contributed by atoms with van der Waals surface area (Å²) < 4.78 is 18.6. The molecular weight excluding hydrogens is 261 g/mol. The van der Waals surface area contributed by atoms with Crippen molar-refractivity contribution in [2.24, 2.45) is 0 Å². The third-order valence-electron chi connectivity index (χ3n) is 3.21. The van der Waals surface area contributed by atoms with Crippen molar-refractivity contribution in [3.63, 3.8) is 0 Å². The van der Waals surface area contributed by atoms with E-state index >= 15 is 0 Å². The van der Waals surface area contributed by atoms with E-state index in [2.05, 4.69) is 5.32 Å². The summed E-state index contributed by atoms with van der Waals surface area (Å²) in [6.07, 6.45) is 0. The van der Waals surface area contributed by atoms with Crippen LogP contribution in [0.5, 0.6) is 11.5 Å². The number of amides is 1. The fourth-order valence-electron chi connectivity index (χ4n) is 2.21. The smallest absolute Gasteiger partial charge is 0.255 e. The number of rotatable bonds is 2. The minimum absolute atomic E-state index is 0.0885. The van der Waals surface area contributed by atoms with E-state index < -0.39 is 11.7 Å². The molecule has 0 aliphatic carbocycles. The van der Waals surface area contributed by atoms with Crippen LogP contribution in [0.1, 0.15) is 22.0 Å². The number of carbonyl (C=O) groups is 1. The second kappa shape index (κ2) is 4.85. The van der Waals surface area contributed by atoms with Crippen molar-refractivity contribution in [1.82, 2.24) is 5.32 Å². The summed E-state index contributed by atoms with van der Waals surface area (Å²) in [6.45, 7) is 0.321. The third kappa shape index (κ3) is 2.18. The van der Waals surface area contributed by atoms with Crippen LogP contribution in [0.25, 0.3) is 0 Å². The molecule has 0 saturated carbocycles. The number of para-hydroxylation sites is 1. The second-order valence-electron chi connectivity index (χ2n) is 4.54. The van der Waals surface area contributed by atoms with Gasteiger partial charge in [-0.25, -0.2) is 4.39 Å². The lowest BCUT2D eigenvalue weighted by Crippen LogP contribution is -2.29. The van der Waals surface area contributed by atoms with Gasteiger partial charge in [-0.1, -0.05) is 18.2 Å². The van der Waals surface area contributed by atoms with Crippen LogP contribution in [0.2, 0.25) is 0 Å². The first-order chi connectivity index (χ1) is 9.65. The molecule has 1 amide bonds. The molecule has 2 aromatic carbocycles. The van der Waals surface area contributed by atoms with Crippen LogP contribution in [0.15, 0.2) is 42.5 Å². The van der Waals surface area contributed by atoms with Gasteiger partial charge in [-0.2, -0.15) is 0 Å². The Morgan fingerprint density at radius 3 is 2.95 bits per heavy atom. The highest BCUT2D eigenvalue weighted by atomic mass is 19.1. The summed E-state index contributed by atoms with van der Waals surface area (Å²) in [5.41, 5.74) is 0.783. The Bertz CT molecular complexity index is 672. The minimum Gasteiger partial charge on any atom is -0.507 e. The van der Waals surface area contributed by atoms with E-state index in [1.165, 1.54) is 0 Å². The number of phenolic OH excluding ortho intramolecular Hbond substituents is 1. The number of phenols is 1. The Hall–Kier alpha value is -2.56. The average molecular weight is 273 g/mol. The molecule has 0 saturated heterocycles. The van der Waals surface area contributed by atoms with Crippen molar-refractivity contribution in [3.8, 4) is 11.5 Å². The van der Waals surface area contributed by atoms with Crippen LogP contribution in [-0.4, -0.2) is 17.6 Å². The number of halogens is 1. The first-order valence-corrected chi connectivity index (χ1v) is 6.16. The molecule has 2 N–H and O–H groups in total. The van der Waals surface area contributed by atoms with Gasteiger partial charge in [-0.05, 0) is 24.3 Å². The maximum absolute atomic E-state index is 13.1. The normalized spacial score (nSPS) is 16.4. The predicted octanol–water partition coefficient (Wildman–Crippen LogP) is 2.39. The maximum atomic E-state index is 13.1. The lowest BCUT2D eigenvalue weighted by Gasteiger charge is -2.12. The van der Waals surface area contributed by atoms with Gasteiger partial charge in [-0.3, -0.25) is 4.79 Å². The van der Waals surface area contributed by atoms with Gasteiger partial charge >= 0.3 is 0 Å². The highest BCUT2D eigenvalue weighted by molar-refractivity contribution is 5.97. The van der Waals surface area contributed by atoms with Crippen molar-refractivity contribution in [1.29, 1.82) is 0 Å². The monoisotopic (exact) mass is 273 g/mol. The Morgan fingerprint density at radius 2 is 2.10 bits per heavy atom. The van der Waals surface area contributed by atoms with Crippen LogP contribution in [0.3, 0.4) is 0 Å². The molecule has 0 aromatic heterocycles. The highest BCUT2D eigenvalue weighted by Gasteiger charge is 2.26. The Kier molecular flexibility index (Phi) is 3.02. The molecule has 0 bridgehead atoms. The SMILES string of the molecule is O=C(NC1COc2ccccc21)c1cc(F)ccc1O. The van der Waals surface area contributed by atoms with E-state index in [1.807, 2.05) is 24.3 Å². The van der Waals surface area contributed by atoms with Crippen LogP contribution in [-0.2, 0) is 0 Å². The average Bonchev–Trinajstić information content (AvgIpc) is 2.85. The van der Waals surface area contributed by atoms with Crippen molar-refractivity contribution in [3.05, 3.63) is 59.4 Å². The van der Waals surface area contributed by atoms with Gasteiger partial charge in [0.1, 0.15) is 23.9 Å². The molecule has 3 rings (SSSR count). The number of benzene rings is 2. The zero-order valence-corrected chi connectivity index (χ0v) is 10.5. The lowest BCUT2D eigenvalue weighted by atomic mass is 10.1. The Morgan fingerprint density at radius 1 is 1.30 bits per heavy atom. The highest BCUT2D eigenvalue weighted by Crippen LogP contribution is 2.32. The topological polar surface area (TPSA) is 58.6 Å². The molecule has 0 spiro atoms. The zero-order chi connectivity index (χ0) is 14.1. The van der Waals surface area contributed by atoms with Crippen molar-refractivity contribution >= 4 is 5.91 Å². The van der Waals surface area contributed by atoms with E-state index in [0.29, 0.717) is 6.61 Å². The van der Waals surface area contributed by atoms with E-state index in [1.54, 1.807) is 0 Å². The summed E-state index contributed by atoms with van der Waals surface area (Å²) in [7, 11) is 0. The van der Waals surface area contributed by atoms with Gasteiger partial charge < -0.3 is 15.2 Å². The van der Waals surface area contributed by atoms with Gasteiger partial charge in [0.2, 0.25) is 0 Å². The Labute approximate surface area is 114 Å². The molecule has 4 nitrogen and oxygen atoms in total. The van der Waals surface area contributed by atoms with E-state index in [-0.39, 0.29) is 17.4 Å². The molecule has 0 fully saturated rings. The van der Waals surface area contributed by atoms with Gasteiger partial charge in [0.15, 0.2) is 0 Å². The molecule has 1 heterocycles. The summed E-state index contributed by atoms with van der Waals surface area (Å²) in [5, 5.41) is 12.3. The summed E-state index contributed by atoms with van der Waals surface area (Å²) in [5.74, 6) is -0.638. The van der Waals surface area contributed by atoms with E-state index in [4.69, 9.17) is 4.74 Å². The summed E-state index contributed by atoms with van der Waals surface area (Å²) in [6, 6.07) is 10.3. The van der Waals surface area contributed by atoms with E-state index in [9.17, 15) is 14.3 Å². The molecule has 1 aliphatic rings. The quantitative estimate of drug-likeness (QED) is 0.883. The molecule has 2 aromatic rings. The number of nitrogens with one attached hydrogen (secondary N) is 1. The molecule has 1 unspecified atom stereocenters. The maximum Gasteiger partial charge on any atom is 0.255 e. The van der Waals surface area contributed by atoms with Gasteiger partial charge in [0.25, 0.3) is 5.91 Å². The van der Waals surface area contributed by atoms with Crippen LogP contribution in [0, 0.1) is 5.82 Å². The van der Waals surface area contributed by atoms with Crippen molar-refractivity contribution < 1.29 is 19.0 Å². The van der Waals surface area contributed by atoms with Crippen LogP contribution < -0.4 is 10.1 Å². The minimum atomic E-state index is -0.573. The number of fused-ring (bicyclic) bond motifs is 1. The third-order valence-corrected chi connectivity index (χ3v) is 3.21. The van der Waals surface area contributed by atoms with Crippen LogP contribution in [0.4, 0.5) is 4.39 Å². The molecule has 102 valence electrons. The second-order valence-corrected chi connectivity index (χ2v) is 4.54. The zero-order valence-electron chi connectivity index (χ0n) is 10.5. The lowest BCUT2D eigenvalue weighted by molar-refractivity contribution is 0.0927. The number of hydrogen-bond acceptors (Lipinski definition) is 3. The first kappa shape index (κ1) is 12.5. The van der Waals surface area contributed by atoms with Crippen molar-refractivity contribution in [2.75, 3.05) is 6.61 Å². The molecule has 0 radical (unpaired) electrons. The standard InChI is InChI=1S/C15H12FNO3/c16-9-5-6-13(18)11(7-9)15(19)17-12-8-20-14-4-2-1-3-10(12)14/h1-7,12,18H,8H2,(H,17,19). The van der Waals surface area contributed by atoms with Crippen molar-refractivity contribution in [2.45, 2.75) is 6.04 Å². The number of hydrogen-bond donors (Lipinski definition) is 2. The van der Waals surface area contributed by atoms with Gasteiger partial charge in [0, 0.05) is 5.56 Å². The molecule has 1 aliphatic heterocycles. The molecular formula is C15H12FNO3. The summed E-state index contributed by atoms with van der Waals surface area (Å²) >= 11 is 0. The summed E-state index contributed by atoms with van der Waals surface area (Å²) in [4.78, 5) is 12.1. The predicted molar refractivity (Wildman–Crippen MR) is 70.2 cm³/mol. The fraction of sp³-hybridized carbons (Fsp3) is 0.133. The molecule has 20 heavy (non-hydrogen) atoms. The first-order valence-electron chi connectivity index (χ1n) is 6.16.